The lowest BCUT2D eigenvalue weighted by atomic mass is 10.1. The Kier molecular flexibility index (Phi) is 10.3. The van der Waals surface area contributed by atoms with Crippen LogP contribution in [-0.4, -0.2) is 50.6 Å². The molecule has 1 aromatic rings. The van der Waals surface area contributed by atoms with E-state index in [1.807, 2.05) is 0 Å². The highest BCUT2D eigenvalue weighted by atomic mass is 16.6. The highest BCUT2D eigenvalue weighted by Gasteiger charge is 2.12. The second kappa shape index (κ2) is 12.7. The Balaban J connectivity index is 2.47. The van der Waals surface area contributed by atoms with Crippen LogP contribution in [0.5, 0.6) is 0 Å². The molecule has 2 N–H and O–H groups in total. The number of benzene rings is 1. The quantitative estimate of drug-likeness (QED) is 0.248. The monoisotopic (exact) mass is 434 g/mol. The fraction of sp³-hybridized carbons (Fsp3) is 0.333. The van der Waals surface area contributed by atoms with Crippen molar-refractivity contribution in [2.24, 2.45) is 0 Å². The van der Waals surface area contributed by atoms with Crippen LogP contribution in [0.4, 0.5) is 21.0 Å². The van der Waals surface area contributed by atoms with Gasteiger partial charge in [-0.2, -0.15) is 0 Å². The minimum atomic E-state index is -0.756. The first-order valence-corrected chi connectivity index (χ1v) is 9.24. The Bertz CT molecular complexity index is 797. The molecule has 0 aliphatic carbocycles. The predicted molar refractivity (Wildman–Crippen MR) is 113 cm³/mol. The van der Waals surface area contributed by atoms with Crippen molar-refractivity contribution in [1.82, 2.24) is 0 Å². The van der Waals surface area contributed by atoms with Gasteiger partial charge < -0.3 is 18.9 Å². The number of ether oxygens (including phenoxy) is 4. The summed E-state index contributed by atoms with van der Waals surface area (Å²) in [6.07, 6.45) is -1.51. The Morgan fingerprint density at radius 1 is 0.742 bits per heavy atom. The van der Waals surface area contributed by atoms with Crippen molar-refractivity contribution >= 4 is 35.5 Å². The van der Waals surface area contributed by atoms with Crippen LogP contribution in [0.15, 0.2) is 42.5 Å². The average Bonchev–Trinajstić information content (AvgIpc) is 2.71. The number of esters is 2. The smallest absolute Gasteiger partial charge is 0.411 e. The van der Waals surface area contributed by atoms with Gasteiger partial charge in [0, 0.05) is 22.5 Å². The molecule has 31 heavy (non-hydrogen) atoms. The maximum Gasteiger partial charge on any atom is 0.411 e. The molecule has 0 saturated carbocycles. The lowest BCUT2D eigenvalue weighted by Crippen LogP contribution is -2.20. The fourth-order valence-corrected chi connectivity index (χ4v) is 1.98. The summed E-state index contributed by atoms with van der Waals surface area (Å²) < 4.78 is 19.5. The Labute approximate surface area is 180 Å². The van der Waals surface area contributed by atoms with Gasteiger partial charge in [-0.3, -0.25) is 10.6 Å². The lowest BCUT2D eigenvalue weighted by molar-refractivity contribution is -0.140. The van der Waals surface area contributed by atoms with Crippen molar-refractivity contribution < 1.29 is 38.1 Å². The summed E-state index contributed by atoms with van der Waals surface area (Å²) in [4.78, 5) is 46.3. The van der Waals surface area contributed by atoms with E-state index in [4.69, 9.17) is 18.9 Å². The lowest BCUT2D eigenvalue weighted by Gasteiger charge is -2.14. The van der Waals surface area contributed by atoms with Crippen LogP contribution in [0.25, 0.3) is 0 Å². The molecule has 10 heteroatoms. The Morgan fingerprint density at radius 3 is 1.45 bits per heavy atom. The highest BCUT2D eigenvalue weighted by molar-refractivity contribution is 5.91. The molecule has 0 saturated heterocycles. The summed E-state index contributed by atoms with van der Waals surface area (Å²) in [6.45, 7) is 11.1. The Hall–Kier alpha value is -3.82. The van der Waals surface area contributed by atoms with Crippen LogP contribution in [0, 0.1) is 6.92 Å². The second-order valence-electron chi connectivity index (χ2n) is 6.33. The number of hydrogen-bond donors (Lipinski definition) is 2. The van der Waals surface area contributed by atoms with Gasteiger partial charge >= 0.3 is 24.1 Å². The van der Waals surface area contributed by atoms with E-state index in [0.29, 0.717) is 16.9 Å². The Morgan fingerprint density at radius 2 is 1.10 bits per heavy atom. The van der Waals surface area contributed by atoms with Crippen molar-refractivity contribution in [3.05, 3.63) is 48.1 Å². The van der Waals surface area contributed by atoms with E-state index in [0.717, 1.165) is 0 Å². The number of carbonyl (C=O) groups excluding carboxylic acids is 4. The first-order chi connectivity index (χ1) is 14.6. The third-order valence-electron chi connectivity index (χ3n) is 3.60. The molecule has 0 heterocycles. The van der Waals surface area contributed by atoms with Crippen LogP contribution in [0.3, 0.4) is 0 Å². The van der Waals surface area contributed by atoms with Gasteiger partial charge in [0.25, 0.3) is 0 Å². The van der Waals surface area contributed by atoms with Gasteiger partial charge in [0.05, 0.1) is 0 Å². The van der Waals surface area contributed by atoms with Gasteiger partial charge in [0.1, 0.15) is 26.4 Å². The number of nitrogens with one attached hydrogen (secondary N) is 2. The number of carbonyl (C=O) groups is 4. The van der Waals surface area contributed by atoms with Gasteiger partial charge in [-0.25, -0.2) is 19.2 Å². The SMILES string of the molecule is C=C(C)C(=O)OCCOC(=O)Nc1cccc(NC(=O)OCCOC(=O)C(=C)C)c1C. The normalized spacial score (nSPS) is 9.77. The van der Waals surface area contributed by atoms with Crippen LogP contribution in [0.2, 0.25) is 0 Å². The molecule has 0 aromatic heterocycles. The zero-order chi connectivity index (χ0) is 23.4. The van der Waals surface area contributed by atoms with E-state index < -0.39 is 24.1 Å². The molecular formula is C21H26N2O8. The van der Waals surface area contributed by atoms with Crippen LogP contribution < -0.4 is 10.6 Å². The van der Waals surface area contributed by atoms with Crippen LogP contribution in [-0.2, 0) is 28.5 Å². The van der Waals surface area contributed by atoms with Crippen molar-refractivity contribution in [1.29, 1.82) is 0 Å². The number of amides is 2. The molecule has 168 valence electrons. The first-order valence-electron chi connectivity index (χ1n) is 9.24. The van der Waals surface area contributed by atoms with Gasteiger partial charge in [-0.1, -0.05) is 19.2 Å². The topological polar surface area (TPSA) is 129 Å². The van der Waals surface area contributed by atoms with Crippen molar-refractivity contribution in [2.45, 2.75) is 20.8 Å². The molecule has 0 fully saturated rings. The molecule has 0 aliphatic heterocycles. The van der Waals surface area contributed by atoms with E-state index in [9.17, 15) is 19.2 Å². The first kappa shape index (κ1) is 25.2. The standard InChI is InChI=1S/C21H26N2O8/c1-13(2)18(24)28-9-11-30-20(26)22-16-7-6-8-17(15(16)5)23-21(27)31-12-10-29-19(25)14(3)4/h6-8H,1,3,9-12H2,2,4-5H3,(H,22,26)(H,23,27). The minimum Gasteiger partial charge on any atom is -0.459 e. The molecule has 0 spiro atoms. The zero-order valence-electron chi connectivity index (χ0n) is 17.7. The van der Waals surface area contributed by atoms with Crippen molar-refractivity contribution in [3.8, 4) is 0 Å². The molecule has 0 unspecified atom stereocenters. The fourth-order valence-electron chi connectivity index (χ4n) is 1.98. The van der Waals surface area contributed by atoms with Crippen molar-refractivity contribution in [3.63, 3.8) is 0 Å². The number of hydrogen-bond acceptors (Lipinski definition) is 8. The summed E-state index contributed by atoms with van der Waals surface area (Å²) in [5, 5.41) is 5.07. The van der Waals surface area contributed by atoms with Gasteiger partial charge in [-0.15, -0.1) is 0 Å². The summed E-state index contributed by atoms with van der Waals surface area (Å²) in [7, 11) is 0. The maximum atomic E-state index is 11.9. The third-order valence-corrected chi connectivity index (χ3v) is 3.60. The summed E-state index contributed by atoms with van der Waals surface area (Å²) in [5.74, 6) is -1.14. The van der Waals surface area contributed by atoms with Crippen molar-refractivity contribution in [2.75, 3.05) is 37.1 Å². The minimum absolute atomic E-state index is 0.104. The third kappa shape index (κ3) is 9.48. The molecule has 1 rings (SSSR count). The van der Waals surface area contributed by atoms with Crippen LogP contribution >= 0.6 is 0 Å². The number of rotatable bonds is 10. The molecule has 2 amide bonds. The maximum absolute atomic E-state index is 11.9. The van der Waals surface area contributed by atoms with Crippen LogP contribution in [0.1, 0.15) is 19.4 Å². The van der Waals surface area contributed by atoms with Gasteiger partial charge in [0.2, 0.25) is 0 Å². The molecule has 0 atom stereocenters. The van der Waals surface area contributed by atoms with E-state index in [1.165, 1.54) is 13.8 Å². The van der Waals surface area contributed by atoms with E-state index >= 15 is 0 Å². The second-order valence-corrected chi connectivity index (χ2v) is 6.33. The summed E-state index contributed by atoms with van der Waals surface area (Å²) >= 11 is 0. The van der Waals surface area contributed by atoms with E-state index in [1.54, 1.807) is 25.1 Å². The molecular weight excluding hydrogens is 408 g/mol. The molecule has 0 bridgehead atoms. The van der Waals surface area contributed by atoms with Gasteiger partial charge in [0.15, 0.2) is 0 Å². The van der Waals surface area contributed by atoms with E-state index in [2.05, 4.69) is 23.8 Å². The molecule has 1 aromatic carbocycles. The van der Waals surface area contributed by atoms with E-state index in [-0.39, 0.29) is 37.6 Å². The summed E-state index contributed by atoms with van der Waals surface area (Å²) in [6, 6.07) is 4.85. The summed E-state index contributed by atoms with van der Waals surface area (Å²) in [5.41, 5.74) is 1.85. The largest absolute Gasteiger partial charge is 0.459 e. The zero-order valence-corrected chi connectivity index (χ0v) is 17.7. The highest BCUT2D eigenvalue weighted by Crippen LogP contribution is 2.23. The predicted octanol–water partition coefficient (Wildman–Crippen LogP) is 3.33. The molecule has 0 radical (unpaired) electrons. The van der Waals surface area contributed by atoms with Gasteiger partial charge in [-0.05, 0) is 38.5 Å². The molecule has 10 nitrogen and oxygen atoms in total. The number of anilines is 2. The average molecular weight is 434 g/mol. The molecule has 0 aliphatic rings.